The fourth-order valence-corrected chi connectivity index (χ4v) is 4.16. The predicted octanol–water partition coefficient (Wildman–Crippen LogP) is 0.388. The number of carbonyl (C=O) groups is 2. The van der Waals surface area contributed by atoms with Crippen molar-refractivity contribution < 1.29 is 22.7 Å². The largest absolute Gasteiger partial charge is 0.465 e. The Morgan fingerprint density at radius 3 is 2.68 bits per heavy atom. The topological polar surface area (TPSA) is 139 Å². The van der Waals surface area contributed by atoms with Crippen LogP contribution < -0.4 is 9.94 Å². The van der Waals surface area contributed by atoms with E-state index in [9.17, 15) is 18.0 Å². The number of esters is 1. The summed E-state index contributed by atoms with van der Waals surface area (Å²) in [5.74, 6) is -1.10. The van der Waals surface area contributed by atoms with E-state index in [1.807, 2.05) is 0 Å². The summed E-state index contributed by atoms with van der Waals surface area (Å²) in [6, 6.07) is 5.74. The Morgan fingerprint density at radius 2 is 2.07 bits per heavy atom. The lowest BCUT2D eigenvalue weighted by Gasteiger charge is -2.05. The number of hydrogen-bond acceptors (Lipinski definition) is 7. The molecule has 3 rings (SSSR count). The SMILES string of the molecule is CCOC(=O)Cn1c(=NC(=O)c2ccn(C)n2)sc2cc(S(N)(=O)=O)ccc21. The number of benzene rings is 1. The van der Waals surface area contributed by atoms with Gasteiger partial charge in [-0.2, -0.15) is 10.1 Å². The quantitative estimate of drug-likeness (QED) is 0.589. The van der Waals surface area contributed by atoms with Crippen molar-refractivity contribution in [1.82, 2.24) is 14.3 Å². The molecule has 0 fully saturated rings. The predicted molar refractivity (Wildman–Crippen MR) is 101 cm³/mol. The zero-order valence-corrected chi connectivity index (χ0v) is 16.7. The Morgan fingerprint density at radius 1 is 1.32 bits per heavy atom. The number of rotatable bonds is 5. The van der Waals surface area contributed by atoms with E-state index in [4.69, 9.17) is 9.88 Å². The second kappa shape index (κ2) is 7.66. The lowest BCUT2D eigenvalue weighted by atomic mass is 10.3. The van der Waals surface area contributed by atoms with Gasteiger partial charge in [-0.1, -0.05) is 11.3 Å². The van der Waals surface area contributed by atoms with Gasteiger partial charge in [-0.15, -0.1) is 0 Å². The first-order valence-electron chi connectivity index (χ1n) is 8.09. The van der Waals surface area contributed by atoms with Gasteiger partial charge in [0.1, 0.15) is 6.54 Å². The van der Waals surface area contributed by atoms with Crippen molar-refractivity contribution in [3.63, 3.8) is 0 Å². The van der Waals surface area contributed by atoms with E-state index >= 15 is 0 Å². The number of aryl methyl sites for hydroxylation is 1. The number of nitrogens with zero attached hydrogens (tertiary/aromatic N) is 4. The molecule has 3 aromatic rings. The van der Waals surface area contributed by atoms with Gasteiger partial charge in [-0.05, 0) is 31.2 Å². The van der Waals surface area contributed by atoms with E-state index in [1.165, 1.54) is 33.5 Å². The van der Waals surface area contributed by atoms with Gasteiger partial charge in [-0.25, -0.2) is 13.6 Å². The number of carbonyl (C=O) groups excluding carboxylic acids is 2. The van der Waals surface area contributed by atoms with E-state index in [-0.39, 0.29) is 28.5 Å². The highest BCUT2D eigenvalue weighted by molar-refractivity contribution is 7.89. The summed E-state index contributed by atoms with van der Waals surface area (Å²) in [5, 5.41) is 9.19. The Balaban J connectivity index is 2.16. The molecule has 0 aliphatic rings. The van der Waals surface area contributed by atoms with Gasteiger partial charge in [0.05, 0.1) is 21.7 Å². The van der Waals surface area contributed by atoms with Crippen LogP contribution in [0.3, 0.4) is 0 Å². The van der Waals surface area contributed by atoms with Crippen LogP contribution in [0.4, 0.5) is 0 Å². The van der Waals surface area contributed by atoms with Crippen molar-refractivity contribution in [1.29, 1.82) is 0 Å². The van der Waals surface area contributed by atoms with E-state index < -0.39 is 21.9 Å². The van der Waals surface area contributed by atoms with Crippen LogP contribution in [0.25, 0.3) is 10.2 Å². The third-order valence-electron chi connectivity index (χ3n) is 3.71. The number of aromatic nitrogens is 3. The molecular weight excluding hydrogens is 406 g/mol. The summed E-state index contributed by atoms with van der Waals surface area (Å²) in [5.41, 5.74) is 0.672. The number of thiazole rings is 1. The zero-order valence-electron chi connectivity index (χ0n) is 15.0. The van der Waals surface area contributed by atoms with Crippen molar-refractivity contribution in [2.75, 3.05) is 6.61 Å². The summed E-state index contributed by atoms with van der Waals surface area (Å²) in [6.45, 7) is 1.70. The maximum atomic E-state index is 12.4. The van der Waals surface area contributed by atoms with E-state index in [0.29, 0.717) is 10.2 Å². The summed E-state index contributed by atoms with van der Waals surface area (Å²) in [4.78, 5) is 28.6. The first-order valence-corrected chi connectivity index (χ1v) is 10.5. The number of ether oxygens (including phenoxy) is 1. The van der Waals surface area contributed by atoms with Crippen molar-refractivity contribution in [2.45, 2.75) is 18.4 Å². The second-order valence-corrected chi connectivity index (χ2v) is 8.31. The summed E-state index contributed by atoms with van der Waals surface area (Å²) >= 11 is 1.06. The molecular formula is C16H17N5O5S2. The smallest absolute Gasteiger partial charge is 0.326 e. The average molecular weight is 423 g/mol. The third-order valence-corrected chi connectivity index (χ3v) is 5.66. The molecule has 0 spiro atoms. The molecule has 0 aliphatic carbocycles. The molecule has 2 aromatic heterocycles. The Hall–Kier alpha value is -2.83. The Kier molecular flexibility index (Phi) is 5.45. The normalized spacial score (nSPS) is 12.5. The van der Waals surface area contributed by atoms with Crippen LogP contribution >= 0.6 is 11.3 Å². The summed E-state index contributed by atoms with van der Waals surface area (Å²) in [7, 11) is -2.22. The molecule has 12 heteroatoms. The molecule has 0 unspecified atom stereocenters. The minimum atomic E-state index is -3.90. The second-order valence-electron chi connectivity index (χ2n) is 5.74. The first-order chi connectivity index (χ1) is 13.2. The highest BCUT2D eigenvalue weighted by atomic mass is 32.2. The fourth-order valence-electron chi connectivity index (χ4n) is 2.48. The molecule has 0 atom stereocenters. The van der Waals surface area contributed by atoms with Gasteiger partial charge >= 0.3 is 5.97 Å². The number of sulfonamides is 1. The van der Waals surface area contributed by atoms with Crippen LogP contribution in [0.2, 0.25) is 0 Å². The molecule has 0 bridgehead atoms. The average Bonchev–Trinajstić information content (AvgIpc) is 3.18. The molecule has 0 saturated heterocycles. The number of hydrogen-bond donors (Lipinski definition) is 1. The van der Waals surface area contributed by atoms with Crippen LogP contribution in [-0.2, 0) is 33.1 Å². The lowest BCUT2D eigenvalue weighted by Crippen LogP contribution is -2.23. The Labute approximate surface area is 163 Å². The van der Waals surface area contributed by atoms with Gasteiger partial charge in [0, 0.05) is 13.2 Å². The van der Waals surface area contributed by atoms with Crippen LogP contribution in [0.5, 0.6) is 0 Å². The van der Waals surface area contributed by atoms with E-state index in [0.717, 1.165) is 11.3 Å². The van der Waals surface area contributed by atoms with Crippen LogP contribution in [-0.4, -0.2) is 41.2 Å². The fraction of sp³-hybridized carbons (Fsp3) is 0.250. The standard InChI is InChI=1S/C16H17N5O5S2/c1-3-26-14(22)9-21-12-5-4-10(28(17,24)25)8-13(12)27-16(21)18-15(23)11-6-7-20(2)19-11/h4-8H,3,9H2,1-2H3,(H2,17,24,25). The minimum Gasteiger partial charge on any atom is -0.465 e. The maximum absolute atomic E-state index is 12.4. The van der Waals surface area contributed by atoms with E-state index in [1.54, 1.807) is 20.2 Å². The molecule has 1 amide bonds. The number of primary sulfonamides is 1. The van der Waals surface area contributed by atoms with Gasteiger partial charge in [0.25, 0.3) is 5.91 Å². The lowest BCUT2D eigenvalue weighted by molar-refractivity contribution is -0.143. The maximum Gasteiger partial charge on any atom is 0.326 e. The van der Waals surface area contributed by atoms with Crippen molar-refractivity contribution >= 4 is 43.5 Å². The molecule has 10 nitrogen and oxygen atoms in total. The van der Waals surface area contributed by atoms with Crippen molar-refractivity contribution in [2.24, 2.45) is 17.2 Å². The highest BCUT2D eigenvalue weighted by Crippen LogP contribution is 2.21. The van der Waals surface area contributed by atoms with Gasteiger partial charge in [-0.3, -0.25) is 14.3 Å². The zero-order chi connectivity index (χ0) is 20.5. The van der Waals surface area contributed by atoms with Gasteiger partial charge in [0.15, 0.2) is 10.5 Å². The summed E-state index contributed by atoms with van der Waals surface area (Å²) in [6.07, 6.45) is 1.61. The highest BCUT2D eigenvalue weighted by Gasteiger charge is 2.16. The number of fused-ring (bicyclic) bond motifs is 1. The van der Waals surface area contributed by atoms with E-state index in [2.05, 4.69) is 10.1 Å². The van der Waals surface area contributed by atoms with Crippen LogP contribution in [0.15, 0.2) is 40.4 Å². The molecule has 2 heterocycles. The summed E-state index contributed by atoms with van der Waals surface area (Å²) < 4.78 is 31.7. The van der Waals surface area contributed by atoms with Crippen molar-refractivity contribution in [3.05, 3.63) is 41.0 Å². The third kappa shape index (κ3) is 4.18. The van der Waals surface area contributed by atoms with Crippen LogP contribution in [0.1, 0.15) is 17.4 Å². The Bertz CT molecular complexity index is 1240. The number of amides is 1. The minimum absolute atomic E-state index is 0.0767. The number of nitrogens with two attached hydrogens (primary N) is 1. The molecule has 0 aliphatic heterocycles. The van der Waals surface area contributed by atoms with Crippen molar-refractivity contribution in [3.8, 4) is 0 Å². The molecule has 0 saturated carbocycles. The molecule has 0 radical (unpaired) electrons. The molecule has 2 N–H and O–H groups in total. The molecule has 1 aromatic carbocycles. The molecule has 148 valence electrons. The first kappa shape index (κ1) is 19.9. The van der Waals surface area contributed by atoms with Gasteiger partial charge in [0.2, 0.25) is 10.0 Å². The van der Waals surface area contributed by atoms with Gasteiger partial charge < -0.3 is 9.30 Å². The monoisotopic (exact) mass is 423 g/mol. The molecule has 28 heavy (non-hydrogen) atoms. The van der Waals surface area contributed by atoms with Crippen LogP contribution in [0, 0.1) is 0 Å².